The topological polar surface area (TPSA) is 139 Å². The highest BCUT2D eigenvalue weighted by Crippen LogP contribution is 2.29. The number of nitro groups is 1. The predicted molar refractivity (Wildman–Crippen MR) is 77.7 cm³/mol. The van der Waals surface area contributed by atoms with Crippen molar-refractivity contribution < 1.29 is 10.0 Å². The van der Waals surface area contributed by atoms with Crippen LogP contribution in [0.15, 0.2) is 0 Å². The molecule has 0 spiro atoms. The van der Waals surface area contributed by atoms with E-state index in [1.165, 1.54) is 6.92 Å². The molecule has 116 valence electrons. The molecule has 0 amide bonds. The molecule has 21 heavy (non-hydrogen) atoms. The number of nitrogens with zero attached hydrogens (tertiary/aromatic N) is 3. The molecule has 1 fully saturated rings. The Bertz CT molecular complexity index is 524. The van der Waals surface area contributed by atoms with Gasteiger partial charge in [-0.3, -0.25) is 15.5 Å². The smallest absolute Gasteiger partial charge is 0.332 e. The van der Waals surface area contributed by atoms with Crippen molar-refractivity contribution in [3.63, 3.8) is 0 Å². The third-order valence-electron chi connectivity index (χ3n) is 3.77. The Morgan fingerprint density at radius 2 is 2.14 bits per heavy atom. The second kappa shape index (κ2) is 6.64. The van der Waals surface area contributed by atoms with Crippen molar-refractivity contribution in [2.24, 2.45) is 11.8 Å². The SMILES string of the molecule is Cc1nc(NN)nc(NCC2CCCCC2O)c1[N+](=O)[O-]. The van der Waals surface area contributed by atoms with Crippen molar-refractivity contribution >= 4 is 17.5 Å². The highest BCUT2D eigenvalue weighted by atomic mass is 16.6. The van der Waals surface area contributed by atoms with Crippen molar-refractivity contribution in [2.45, 2.75) is 38.7 Å². The number of anilines is 2. The van der Waals surface area contributed by atoms with Gasteiger partial charge in [-0.1, -0.05) is 12.8 Å². The number of hydrogen-bond donors (Lipinski definition) is 4. The third-order valence-corrected chi connectivity index (χ3v) is 3.77. The van der Waals surface area contributed by atoms with Crippen molar-refractivity contribution in [3.05, 3.63) is 15.8 Å². The predicted octanol–water partition coefficient (Wildman–Crippen LogP) is 0.942. The largest absolute Gasteiger partial charge is 0.393 e. The number of nitrogens with one attached hydrogen (secondary N) is 2. The molecule has 0 bridgehead atoms. The normalized spacial score (nSPS) is 21.9. The molecule has 2 rings (SSSR count). The summed E-state index contributed by atoms with van der Waals surface area (Å²) in [7, 11) is 0. The fraction of sp³-hybridized carbons (Fsp3) is 0.667. The number of aromatic nitrogens is 2. The Hall–Kier alpha value is -2.00. The molecule has 0 radical (unpaired) electrons. The summed E-state index contributed by atoms with van der Waals surface area (Å²) in [6.07, 6.45) is 3.37. The highest BCUT2D eigenvalue weighted by molar-refractivity contribution is 5.60. The standard InChI is InChI=1S/C12H20N6O3/c1-7-10(18(20)21)11(16-12(15-7)17-13)14-6-8-4-2-3-5-9(8)19/h8-9,19H,2-6,13H2,1H3,(H2,14,15,16,17). The van der Waals surface area contributed by atoms with E-state index in [0.29, 0.717) is 6.54 Å². The van der Waals surface area contributed by atoms with Crippen LogP contribution in [0.1, 0.15) is 31.4 Å². The van der Waals surface area contributed by atoms with E-state index in [0.717, 1.165) is 25.7 Å². The molecule has 1 saturated carbocycles. The lowest BCUT2D eigenvalue weighted by Crippen LogP contribution is -2.30. The van der Waals surface area contributed by atoms with E-state index < -0.39 is 4.92 Å². The first kappa shape index (κ1) is 15.4. The molecule has 1 aromatic heterocycles. The van der Waals surface area contributed by atoms with Gasteiger partial charge in [0.25, 0.3) is 0 Å². The van der Waals surface area contributed by atoms with Gasteiger partial charge in [-0.2, -0.15) is 4.98 Å². The van der Waals surface area contributed by atoms with Crippen LogP contribution in [0.5, 0.6) is 0 Å². The van der Waals surface area contributed by atoms with Crippen molar-refractivity contribution in [2.75, 3.05) is 17.3 Å². The summed E-state index contributed by atoms with van der Waals surface area (Å²) in [5.74, 6) is 5.57. The first-order valence-electron chi connectivity index (χ1n) is 6.94. The number of nitrogen functional groups attached to an aromatic ring is 1. The number of hydrogen-bond acceptors (Lipinski definition) is 8. The molecular weight excluding hydrogens is 276 g/mol. The molecule has 5 N–H and O–H groups in total. The second-order valence-electron chi connectivity index (χ2n) is 5.22. The van der Waals surface area contributed by atoms with Gasteiger partial charge < -0.3 is 10.4 Å². The minimum atomic E-state index is -0.519. The van der Waals surface area contributed by atoms with E-state index in [4.69, 9.17) is 5.84 Å². The van der Waals surface area contributed by atoms with Crippen LogP contribution in [0.25, 0.3) is 0 Å². The quantitative estimate of drug-likeness (QED) is 0.357. The van der Waals surface area contributed by atoms with Gasteiger partial charge in [-0.15, -0.1) is 0 Å². The molecule has 1 aromatic rings. The Balaban J connectivity index is 2.17. The number of aliphatic hydroxyl groups is 1. The summed E-state index contributed by atoms with van der Waals surface area (Å²) in [4.78, 5) is 18.5. The Morgan fingerprint density at radius 1 is 1.43 bits per heavy atom. The van der Waals surface area contributed by atoms with Crippen molar-refractivity contribution in [1.82, 2.24) is 9.97 Å². The fourth-order valence-electron chi connectivity index (χ4n) is 2.63. The molecule has 1 aliphatic rings. The van der Waals surface area contributed by atoms with E-state index >= 15 is 0 Å². The number of nitrogens with two attached hydrogens (primary N) is 1. The summed E-state index contributed by atoms with van der Waals surface area (Å²) >= 11 is 0. The molecule has 0 aliphatic heterocycles. The number of rotatable bonds is 5. The van der Waals surface area contributed by atoms with Gasteiger partial charge in [0.1, 0.15) is 5.69 Å². The summed E-state index contributed by atoms with van der Waals surface area (Å²) in [6.45, 7) is 1.96. The summed E-state index contributed by atoms with van der Waals surface area (Å²) < 4.78 is 0. The average Bonchev–Trinajstić information content (AvgIpc) is 2.45. The van der Waals surface area contributed by atoms with Gasteiger partial charge in [0, 0.05) is 12.5 Å². The molecule has 2 unspecified atom stereocenters. The molecule has 0 saturated heterocycles. The maximum absolute atomic E-state index is 11.1. The van der Waals surface area contributed by atoms with Crippen molar-refractivity contribution in [1.29, 1.82) is 0 Å². The number of aliphatic hydroxyl groups excluding tert-OH is 1. The van der Waals surface area contributed by atoms with Gasteiger partial charge in [0.2, 0.25) is 11.8 Å². The Morgan fingerprint density at radius 3 is 2.76 bits per heavy atom. The zero-order chi connectivity index (χ0) is 15.4. The Labute approximate surface area is 122 Å². The first-order chi connectivity index (χ1) is 10.0. The maximum atomic E-state index is 11.1. The lowest BCUT2D eigenvalue weighted by Gasteiger charge is -2.27. The third kappa shape index (κ3) is 3.56. The van der Waals surface area contributed by atoms with Crippen LogP contribution in [0, 0.1) is 23.0 Å². The zero-order valence-electron chi connectivity index (χ0n) is 11.9. The summed E-state index contributed by atoms with van der Waals surface area (Å²) in [6, 6.07) is 0. The van der Waals surface area contributed by atoms with Gasteiger partial charge >= 0.3 is 5.69 Å². The van der Waals surface area contributed by atoms with E-state index in [-0.39, 0.29) is 35.2 Å². The number of aryl methyl sites for hydroxylation is 1. The fourth-order valence-corrected chi connectivity index (χ4v) is 2.63. The van der Waals surface area contributed by atoms with Crippen LogP contribution >= 0.6 is 0 Å². The minimum Gasteiger partial charge on any atom is -0.393 e. The van der Waals surface area contributed by atoms with Crippen LogP contribution in [-0.2, 0) is 0 Å². The van der Waals surface area contributed by atoms with Crippen LogP contribution in [0.4, 0.5) is 17.5 Å². The van der Waals surface area contributed by atoms with Crippen LogP contribution < -0.4 is 16.6 Å². The maximum Gasteiger partial charge on any atom is 0.332 e. The van der Waals surface area contributed by atoms with Gasteiger partial charge in [0.15, 0.2) is 0 Å². The summed E-state index contributed by atoms with van der Waals surface area (Å²) in [5, 5.41) is 24.0. The van der Waals surface area contributed by atoms with Crippen LogP contribution in [0.2, 0.25) is 0 Å². The minimum absolute atomic E-state index is 0.0721. The molecule has 1 aliphatic carbocycles. The van der Waals surface area contributed by atoms with E-state index in [1.807, 2.05) is 0 Å². The summed E-state index contributed by atoms with van der Waals surface area (Å²) in [5.41, 5.74) is 2.35. The van der Waals surface area contributed by atoms with Gasteiger partial charge in [0.05, 0.1) is 11.0 Å². The number of hydrazine groups is 1. The molecule has 9 heteroatoms. The lowest BCUT2D eigenvalue weighted by atomic mass is 9.86. The molecule has 2 atom stereocenters. The zero-order valence-corrected chi connectivity index (χ0v) is 11.9. The van der Waals surface area contributed by atoms with Crippen molar-refractivity contribution in [3.8, 4) is 0 Å². The average molecular weight is 296 g/mol. The first-order valence-corrected chi connectivity index (χ1v) is 6.94. The van der Waals surface area contributed by atoms with E-state index in [1.54, 1.807) is 0 Å². The van der Waals surface area contributed by atoms with Crippen LogP contribution in [0.3, 0.4) is 0 Å². The lowest BCUT2D eigenvalue weighted by molar-refractivity contribution is -0.385. The Kier molecular flexibility index (Phi) is 4.86. The van der Waals surface area contributed by atoms with Gasteiger partial charge in [-0.05, 0) is 19.8 Å². The molecular formula is C12H20N6O3. The second-order valence-corrected chi connectivity index (χ2v) is 5.22. The molecule has 1 heterocycles. The highest BCUT2D eigenvalue weighted by Gasteiger charge is 2.26. The molecule has 9 nitrogen and oxygen atoms in total. The van der Waals surface area contributed by atoms with Gasteiger partial charge in [-0.25, -0.2) is 10.8 Å². The molecule has 0 aromatic carbocycles. The van der Waals surface area contributed by atoms with Crippen LogP contribution in [-0.4, -0.2) is 32.6 Å². The van der Waals surface area contributed by atoms with E-state index in [9.17, 15) is 15.2 Å². The monoisotopic (exact) mass is 296 g/mol. The van der Waals surface area contributed by atoms with E-state index in [2.05, 4.69) is 20.7 Å².